The van der Waals surface area contributed by atoms with Crippen LogP contribution in [0.15, 0.2) is 169 Å². The van der Waals surface area contributed by atoms with Crippen LogP contribution < -0.4 is 0 Å². The van der Waals surface area contributed by atoms with Crippen LogP contribution in [0.4, 0.5) is 0 Å². The first-order valence-electron chi connectivity index (χ1n) is 27.0. The third-order valence-corrected chi connectivity index (χ3v) is 7.12. The molecule has 9 aromatic carbocycles. The fraction of sp³-hybridized carbons (Fsp3) is 0. The second-order valence-electron chi connectivity index (χ2n) is 9.50. The van der Waals surface area contributed by atoms with E-state index in [0.717, 1.165) is 0 Å². The second-order valence-corrected chi connectivity index (χ2v) is 9.50. The molecule has 0 aliphatic rings. The highest BCUT2D eigenvalue weighted by molar-refractivity contribution is 6.24. The summed E-state index contributed by atoms with van der Waals surface area (Å²) in [6.45, 7) is 0. The molecule has 0 amide bonds. The Balaban J connectivity index is 1.74. The Morgan fingerprint density at radius 2 is 0.773 bits per heavy atom. The first-order valence-corrected chi connectivity index (χ1v) is 13.0. The minimum absolute atomic E-state index is 0.621. The van der Waals surface area contributed by atoms with Gasteiger partial charge in [0.05, 0.1) is 38.4 Å². The minimum atomic E-state index is -1.13. The lowest BCUT2D eigenvalue weighted by molar-refractivity contribution is 1.66. The van der Waals surface area contributed by atoms with E-state index in [1.165, 1.54) is 0 Å². The summed E-state index contributed by atoms with van der Waals surface area (Å²) in [5, 5.41) is -7.33. The lowest BCUT2D eigenvalue weighted by Gasteiger charge is -2.20. The fourth-order valence-electron chi connectivity index (χ4n) is 5.25. The normalized spacial score (nSPS) is 20.5. The molecule has 0 spiro atoms. The third kappa shape index (κ3) is 3.85. The van der Waals surface area contributed by atoms with Gasteiger partial charge >= 0.3 is 0 Å². The SMILES string of the molecule is [2H]c1c([2H])c([2H])c2c([2H])c(-c3c4c([2H])c([2H])c([2H])c([2H])c4c(-c4c([2H])c([2H])c([2H])c5c([2H])c([2H])c([2H])c([2H])c45)c4c([2H])c(-c5c([2H])c([2H])c([2H])c6c([2H])c([2H])c([2H])c([2H])c56)c([2H])c([2H])c34)c([2H])c([2H])c2c1[2H]. The Labute approximate surface area is 295 Å². The first-order chi connectivity index (χ1) is 33.5. The average Bonchev–Trinajstić information content (AvgIpc) is 3.34. The van der Waals surface area contributed by atoms with Crippen molar-refractivity contribution in [2.75, 3.05) is 0 Å². The van der Waals surface area contributed by atoms with E-state index in [2.05, 4.69) is 0 Å². The highest BCUT2D eigenvalue weighted by Crippen LogP contribution is 2.47. The van der Waals surface area contributed by atoms with Crippen molar-refractivity contribution < 1.29 is 38.4 Å². The van der Waals surface area contributed by atoms with E-state index in [-0.39, 0.29) is 0 Å². The van der Waals surface area contributed by atoms with Crippen molar-refractivity contribution >= 4 is 53.9 Å². The van der Waals surface area contributed by atoms with Gasteiger partial charge in [-0.15, -0.1) is 0 Å². The van der Waals surface area contributed by atoms with Crippen molar-refractivity contribution in [2.24, 2.45) is 0 Å². The van der Waals surface area contributed by atoms with Crippen LogP contribution in [0, 0.1) is 0 Å². The maximum absolute atomic E-state index is 10.2. The van der Waals surface area contributed by atoms with Gasteiger partial charge in [0.15, 0.2) is 0 Å². The number of rotatable bonds is 3. The third-order valence-electron chi connectivity index (χ3n) is 7.12. The zero-order valence-corrected chi connectivity index (χ0v) is 22.0. The Hall–Kier alpha value is -5.72. The molecule has 9 rings (SSSR count). The molecule has 0 heterocycles. The molecular weight excluding hydrogens is 528 g/mol. The van der Waals surface area contributed by atoms with Gasteiger partial charge < -0.3 is 0 Å². The average molecular weight is 585 g/mol. The summed E-state index contributed by atoms with van der Waals surface area (Å²) in [4.78, 5) is 0. The van der Waals surface area contributed by atoms with Crippen LogP contribution >= 0.6 is 0 Å². The van der Waals surface area contributed by atoms with Gasteiger partial charge in [0.25, 0.3) is 0 Å². The number of hydrogen-bond donors (Lipinski definition) is 0. The molecule has 9 aromatic rings. The predicted octanol–water partition coefficient (Wildman–Crippen LogP) is 12.5. The summed E-state index contributed by atoms with van der Waals surface area (Å²) in [5.74, 6) is 0. The van der Waals surface area contributed by atoms with Crippen molar-refractivity contribution in [1.29, 1.82) is 0 Å². The summed E-state index contributed by atoms with van der Waals surface area (Å²) >= 11 is 0. The topological polar surface area (TPSA) is 0 Å². The molecule has 0 aliphatic carbocycles. The molecule has 204 valence electrons. The van der Waals surface area contributed by atoms with E-state index < -0.39 is 256 Å². The molecule has 0 radical (unpaired) electrons. The van der Waals surface area contributed by atoms with E-state index in [1.807, 2.05) is 0 Å². The number of hydrogen-bond acceptors (Lipinski definition) is 0. The number of fused-ring (bicyclic) bond motifs is 5. The minimum Gasteiger partial charge on any atom is -0.0616 e. The summed E-state index contributed by atoms with van der Waals surface area (Å²) in [6.07, 6.45) is 0. The standard InChI is InChI=1S/C44H28/c1-2-14-32-27-34(24-23-29(32)11-1)43-39-19-7-8-20-40(39)44(38-22-10-16-31-13-4-6-18-36(31)38)42-28-33(25-26-41(42)43)37-21-9-15-30-12-3-5-17-35(30)37/h1-28H/i1D,2D,3D,4D,5D,6D,7D,8D,9D,10D,11D,12D,13D,14D,15D,16D,17D,18D,19D,20D,21D,22D,23D,24D,25D,26D,27D,28D. The van der Waals surface area contributed by atoms with Crippen LogP contribution in [-0.2, 0) is 0 Å². The van der Waals surface area contributed by atoms with E-state index >= 15 is 0 Å². The van der Waals surface area contributed by atoms with Gasteiger partial charge in [0.2, 0.25) is 0 Å². The second kappa shape index (κ2) is 9.93. The van der Waals surface area contributed by atoms with Gasteiger partial charge in [0.1, 0.15) is 0 Å². The molecule has 0 N–H and O–H groups in total. The molecule has 0 bridgehead atoms. The van der Waals surface area contributed by atoms with E-state index in [9.17, 15) is 13.7 Å². The molecule has 0 unspecified atom stereocenters. The molecule has 0 aromatic heterocycles. The fourth-order valence-corrected chi connectivity index (χ4v) is 5.25. The van der Waals surface area contributed by atoms with Crippen molar-refractivity contribution in [3.8, 4) is 33.4 Å². The highest BCUT2D eigenvalue weighted by atomic mass is 14.2. The first kappa shape index (κ1) is 9.64. The van der Waals surface area contributed by atoms with Crippen molar-refractivity contribution in [3.63, 3.8) is 0 Å². The predicted molar refractivity (Wildman–Crippen MR) is 190 cm³/mol. The molecule has 0 saturated heterocycles. The van der Waals surface area contributed by atoms with Gasteiger partial charge in [-0.2, -0.15) is 0 Å². The van der Waals surface area contributed by atoms with Gasteiger partial charge in [0, 0.05) is 0 Å². The molecule has 0 fully saturated rings. The Kier molecular flexibility index (Phi) is 2.18. The maximum atomic E-state index is 10.2. The van der Waals surface area contributed by atoms with Gasteiger partial charge in [-0.05, 0) is 99.3 Å². The molecule has 0 heteroatoms. The molecule has 0 aliphatic heterocycles. The number of benzene rings is 9. The molecular formula is C44H28. The quantitative estimate of drug-likeness (QED) is 0.181. The van der Waals surface area contributed by atoms with Crippen molar-refractivity contribution in [1.82, 2.24) is 0 Å². The van der Waals surface area contributed by atoms with E-state index in [0.29, 0.717) is 0 Å². The molecule has 44 heavy (non-hydrogen) atoms. The summed E-state index contributed by atoms with van der Waals surface area (Å²) in [6, 6.07) is -27.1. The summed E-state index contributed by atoms with van der Waals surface area (Å²) in [7, 11) is 0. The molecule has 0 nitrogen and oxygen atoms in total. The van der Waals surface area contributed by atoms with Crippen LogP contribution in [0.2, 0.25) is 0 Å². The van der Waals surface area contributed by atoms with Crippen LogP contribution in [-0.4, -0.2) is 0 Å². The zero-order valence-electron chi connectivity index (χ0n) is 50.0. The van der Waals surface area contributed by atoms with E-state index in [1.54, 1.807) is 0 Å². The van der Waals surface area contributed by atoms with Crippen LogP contribution in [0.5, 0.6) is 0 Å². The smallest absolute Gasteiger partial charge is 0.0616 e. The van der Waals surface area contributed by atoms with E-state index in [4.69, 9.17) is 24.7 Å². The highest BCUT2D eigenvalue weighted by Gasteiger charge is 2.19. The lowest BCUT2D eigenvalue weighted by Crippen LogP contribution is -1.93. The zero-order chi connectivity index (χ0) is 53.4. The Bertz CT molecular complexity index is 4110. The lowest BCUT2D eigenvalue weighted by atomic mass is 9.83. The monoisotopic (exact) mass is 584 g/mol. The van der Waals surface area contributed by atoms with Crippen LogP contribution in [0.1, 0.15) is 38.4 Å². The van der Waals surface area contributed by atoms with Gasteiger partial charge in [-0.25, -0.2) is 0 Å². The Morgan fingerprint density at radius 1 is 0.273 bits per heavy atom. The van der Waals surface area contributed by atoms with Crippen LogP contribution in [0.3, 0.4) is 0 Å². The van der Waals surface area contributed by atoms with Crippen molar-refractivity contribution in [3.05, 3.63) is 169 Å². The maximum Gasteiger partial charge on any atom is 0.0636 e. The van der Waals surface area contributed by atoms with Crippen LogP contribution in [0.25, 0.3) is 87.2 Å². The summed E-state index contributed by atoms with van der Waals surface area (Å²) in [5.41, 5.74) is -4.97. The van der Waals surface area contributed by atoms with Gasteiger partial charge in [-0.3, -0.25) is 0 Å². The molecule has 0 atom stereocenters. The molecule has 0 saturated carbocycles. The van der Waals surface area contributed by atoms with Crippen molar-refractivity contribution in [2.45, 2.75) is 0 Å². The largest absolute Gasteiger partial charge is 0.0636 e. The van der Waals surface area contributed by atoms with Gasteiger partial charge in [-0.1, -0.05) is 157 Å². The summed E-state index contributed by atoms with van der Waals surface area (Å²) < 4.78 is 253. The Morgan fingerprint density at radius 3 is 1.50 bits per heavy atom.